The van der Waals surface area contributed by atoms with Crippen LogP contribution in [0.2, 0.25) is 5.02 Å². The molecule has 2 aromatic rings. The molecular weight excluding hydrogens is 387 g/mol. The van der Waals surface area contributed by atoms with E-state index in [-0.39, 0.29) is 4.83 Å². The number of rotatable bonds is 2. The number of halogens is 3. The van der Waals surface area contributed by atoms with E-state index in [9.17, 15) is 0 Å². The second kappa shape index (κ2) is 5.99. The summed E-state index contributed by atoms with van der Waals surface area (Å²) < 4.78 is 1.03. The van der Waals surface area contributed by atoms with Gasteiger partial charge >= 0.3 is 0 Å². The van der Waals surface area contributed by atoms with Crippen LogP contribution in [-0.2, 0) is 0 Å². The van der Waals surface area contributed by atoms with Crippen LogP contribution in [0, 0.1) is 20.8 Å². The molecule has 0 bridgehead atoms. The fourth-order valence-corrected chi connectivity index (χ4v) is 4.79. The van der Waals surface area contributed by atoms with Crippen molar-refractivity contribution in [2.75, 3.05) is 0 Å². The van der Waals surface area contributed by atoms with Gasteiger partial charge in [-0.15, -0.1) is 0 Å². The monoisotopic (exact) mass is 400 g/mol. The van der Waals surface area contributed by atoms with Crippen LogP contribution in [-0.4, -0.2) is 0 Å². The normalized spacial score (nSPS) is 12.5. The summed E-state index contributed by atoms with van der Waals surface area (Å²) >= 11 is 13.4. The summed E-state index contributed by atoms with van der Waals surface area (Å²) in [5, 5.41) is 0.743. The topological polar surface area (TPSA) is 0 Å². The summed E-state index contributed by atoms with van der Waals surface area (Å²) in [7, 11) is 0. The lowest BCUT2D eigenvalue weighted by Crippen LogP contribution is -2.01. The molecule has 0 N–H and O–H groups in total. The second-order valence-electron chi connectivity index (χ2n) is 4.84. The molecule has 0 aliphatic carbocycles. The van der Waals surface area contributed by atoms with Crippen molar-refractivity contribution in [3.63, 3.8) is 0 Å². The van der Waals surface area contributed by atoms with Gasteiger partial charge in [0, 0.05) is 9.50 Å². The number of hydrogen-bond donors (Lipinski definition) is 0. The fraction of sp³-hybridized carbons (Fsp3) is 0.250. The molecule has 0 saturated carbocycles. The zero-order valence-corrected chi connectivity index (χ0v) is 15.0. The first kappa shape index (κ1) is 15.1. The van der Waals surface area contributed by atoms with Gasteiger partial charge in [0.05, 0.1) is 4.83 Å². The second-order valence-corrected chi connectivity index (χ2v) is 7.05. The maximum atomic E-state index is 6.01. The van der Waals surface area contributed by atoms with Crippen molar-refractivity contribution < 1.29 is 0 Å². The molecule has 0 spiro atoms. The Balaban J connectivity index is 2.53. The molecule has 0 saturated heterocycles. The van der Waals surface area contributed by atoms with Crippen LogP contribution in [0.3, 0.4) is 0 Å². The van der Waals surface area contributed by atoms with Gasteiger partial charge < -0.3 is 0 Å². The zero-order valence-electron chi connectivity index (χ0n) is 11.1. The Bertz CT molecular complexity index is 597. The molecular formula is C16H15Br2Cl. The van der Waals surface area contributed by atoms with Gasteiger partial charge in [-0.05, 0) is 55.2 Å². The van der Waals surface area contributed by atoms with Crippen molar-refractivity contribution in [3.8, 4) is 0 Å². The van der Waals surface area contributed by atoms with Crippen molar-refractivity contribution in [2.45, 2.75) is 25.6 Å². The number of aryl methyl sites for hydroxylation is 3. The van der Waals surface area contributed by atoms with E-state index in [1.807, 2.05) is 12.1 Å². The summed E-state index contributed by atoms with van der Waals surface area (Å²) in [6, 6.07) is 10.4. The highest BCUT2D eigenvalue weighted by Gasteiger charge is 2.18. The Morgan fingerprint density at radius 1 is 1.00 bits per heavy atom. The Morgan fingerprint density at radius 2 is 1.58 bits per heavy atom. The molecule has 0 aliphatic heterocycles. The third-order valence-electron chi connectivity index (χ3n) is 3.23. The smallest absolute Gasteiger partial charge is 0.0660 e. The van der Waals surface area contributed by atoms with Gasteiger partial charge in [-0.25, -0.2) is 0 Å². The molecule has 19 heavy (non-hydrogen) atoms. The minimum Gasteiger partial charge on any atom is -0.0843 e. The van der Waals surface area contributed by atoms with E-state index in [1.165, 1.54) is 27.8 Å². The van der Waals surface area contributed by atoms with E-state index in [0.717, 1.165) is 9.50 Å². The molecule has 100 valence electrons. The van der Waals surface area contributed by atoms with Gasteiger partial charge in [0.1, 0.15) is 0 Å². The average Bonchev–Trinajstić information content (AvgIpc) is 2.26. The van der Waals surface area contributed by atoms with E-state index in [4.69, 9.17) is 11.6 Å². The molecule has 2 rings (SSSR count). The van der Waals surface area contributed by atoms with E-state index >= 15 is 0 Å². The predicted molar refractivity (Wildman–Crippen MR) is 90.6 cm³/mol. The van der Waals surface area contributed by atoms with Crippen LogP contribution >= 0.6 is 43.5 Å². The highest BCUT2D eigenvalue weighted by molar-refractivity contribution is 9.11. The van der Waals surface area contributed by atoms with Gasteiger partial charge in [-0.3, -0.25) is 0 Å². The number of benzene rings is 2. The Kier molecular flexibility index (Phi) is 4.75. The fourth-order valence-electron chi connectivity index (χ4n) is 2.45. The van der Waals surface area contributed by atoms with E-state index in [0.29, 0.717) is 0 Å². The van der Waals surface area contributed by atoms with Crippen LogP contribution < -0.4 is 0 Å². The molecule has 3 heteroatoms. The Hall–Kier alpha value is -0.310. The molecule has 0 aromatic heterocycles. The van der Waals surface area contributed by atoms with Gasteiger partial charge in [0.15, 0.2) is 0 Å². The third-order valence-corrected chi connectivity index (χ3v) is 5.10. The van der Waals surface area contributed by atoms with Crippen molar-refractivity contribution in [3.05, 3.63) is 67.6 Å². The van der Waals surface area contributed by atoms with Crippen LogP contribution in [0.15, 0.2) is 34.8 Å². The molecule has 0 heterocycles. The van der Waals surface area contributed by atoms with Gasteiger partial charge in [-0.1, -0.05) is 67.2 Å². The van der Waals surface area contributed by atoms with E-state index in [2.05, 4.69) is 70.8 Å². The molecule has 0 aliphatic rings. The molecule has 1 atom stereocenters. The molecule has 0 amide bonds. The largest absolute Gasteiger partial charge is 0.0843 e. The van der Waals surface area contributed by atoms with Gasteiger partial charge in [-0.2, -0.15) is 0 Å². The molecule has 1 unspecified atom stereocenters. The molecule has 0 fully saturated rings. The molecule has 0 nitrogen and oxygen atoms in total. The number of hydrogen-bond acceptors (Lipinski definition) is 0. The van der Waals surface area contributed by atoms with Crippen molar-refractivity contribution in [2.24, 2.45) is 0 Å². The number of alkyl halides is 1. The van der Waals surface area contributed by atoms with Crippen molar-refractivity contribution in [1.82, 2.24) is 0 Å². The van der Waals surface area contributed by atoms with Crippen LogP contribution in [0.1, 0.15) is 32.6 Å². The third kappa shape index (κ3) is 3.24. The summed E-state index contributed by atoms with van der Waals surface area (Å²) in [6.07, 6.45) is 0. The van der Waals surface area contributed by atoms with E-state index in [1.54, 1.807) is 0 Å². The Labute approximate surface area is 136 Å². The van der Waals surface area contributed by atoms with Crippen LogP contribution in [0.5, 0.6) is 0 Å². The highest BCUT2D eigenvalue weighted by atomic mass is 79.9. The Morgan fingerprint density at radius 3 is 2.11 bits per heavy atom. The van der Waals surface area contributed by atoms with Gasteiger partial charge in [0.25, 0.3) is 0 Å². The van der Waals surface area contributed by atoms with E-state index < -0.39 is 0 Å². The summed E-state index contributed by atoms with van der Waals surface area (Å²) in [5.41, 5.74) is 6.43. The minimum atomic E-state index is 0.166. The van der Waals surface area contributed by atoms with Crippen molar-refractivity contribution in [1.29, 1.82) is 0 Å². The maximum absolute atomic E-state index is 6.01. The van der Waals surface area contributed by atoms with Gasteiger partial charge in [0.2, 0.25) is 0 Å². The van der Waals surface area contributed by atoms with Crippen LogP contribution in [0.25, 0.3) is 0 Å². The summed E-state index contributed by atoms with van der Waals surface area (Å²) in [6.45, 7) is 6.45. The van der Waals surface area contributed by atoms with Crippen molar-refractivity contribution >= 4 is 43.5 Å². The lowest BCUT2D eigenvalue weighted by Gasteiger charge is -2.19. The summed E-state index contributed by atoms with van der Waals surface area (Å²) in [5.74, 6) is 0. The zero-order chi connectivity index (χ0) is 14.2. The lowest BCUT2D eigenvalue weighted by atomic mass is 9.94. The first-order valence-corrected chi connectivity index (χ1v) is 8.15. The quantitative estimate of drug-likeness (QED) is 0.502. The van der Waals surface area contributed by atoms with Crippen LogP contribution in [0.4, 0.5) is 0 Å². The molecule has 0 radical (unpaired) electrons. The lowest BCUT2D eigenvalue weighted by molar-refractivity contribution is 1.09. The summed E-state index contributed by atoms with van der Waals surface area (Å²) in [4.78, 5) is 0.166. The first-order valence-electron chi connectivity index (χ1n) is 6.07. The standard InChI is InChI=1S/C16H15Br2Cl/c1-9-6-10(2)15(11(3)7-9)16(18)13-5-4-12(19)8-14(13)17/h4-8,16H,1-3H3. The minimum absolute atomic E-state index is 0.166. The average molecular weight is 403 g/mol. The maximum Gasteiger partial charge on any atom is 0.0660 e. The highest BCUT2D eigenvalue weighted by Crippen LogP contribution is 2.39. The molecule has 2 aromatic carbocycles. The first-order chi connectivity index (χ1) is 8.90. The predicted octanol–water partition coefficient (Wildman–Crippen LogP) is 6.51. The SMILES string of the molecule is Cc1cc(C)c(C(Br)c2ccc(Cl)cc2Br)c(C)c1.